The molecule has 2 amide bonds. The highest BCUT2D eigenvalue weighted by atomic mass is 32.2. The van der Waals surface area contributed by atoms with Gasteiger partial charge in [-0.25, -0.2) is 13.4 Å². The van der Waals surface area contributed by atoms with Crippen LogP contribution in [0.5, 0.6) is 0 Å². The predicted octanol–water partition coefficient (Wildman–Crippen LogP) is 0.633. The second kappa shape index (κ2) is 10.6. The van der Waals surface area contributed by atoms with E-state index < -0.39 is 10.0 Å². The maximum absolute atomic E-state index is 12.7. The van der Waals surface area contributed by atoms with E-state index in [1.54, 1.807) is 28.5 Å². The Kier molecular flexibility index (Phi) is 7.58. The Morgan fingerprint density at radius 2 is 1.82 bits per heavy atom. The predicted molar refractivity (Wildman–Crippen MR) is 124 cm³/mol. The minimum Gasteiger partial charge on any atom is -0.379 e. The number of ether oxygens (including phenoxy) is 1. The van der Waals surface area contributed by atoms with E-state index in [0.29, 0.717) is 70.4 Å². The van der Waals surface area contributed by atoms with Crippen LogP contribution in [-0.2, 0) is 19.6 Å². The molecule has 2 aromatic rings. The van der Waals surface area contributed by atoms with Gasteiger partial charge >= 0.3 is 0 Å². The van der Waals surface area contributed by atoms with Crippen molar-refractivity contribution < 1.29 is 22.7 Å². The number of anilines is 1. The average molecular weight is 494 g/mol. The second-order valence-corrected chi connectivity index (χ2v) is 10.5. The maximum Gasteiger partial charge on any atom is 0.252 e. The van der Waals surface area contributed by atoms with Crippen LogP contribution >= 0.6 is 11.3 Å². The first kappa shape index (κ1) is 23.6. The van der Waals surface area contributed by atoms with E-state index in [4.69, 9.17) is 4.74 Å². The van der Waals surface area contributed by atoms with E-state index in [2.05, 4.69) is 10.3 Å². The van der Waals surface area contributed by atoms with Gasteiger partial charge in [-0.3, -0.25) is 9.59 Å². The van der Waals surface area contributed by atoms with Gasteiger partial charge in [0.05, 0.1) is 13.2 Å². The smallest absolute Gasteiger partial charge is 0.252 e. The number of nitrogens with zero attached hydrogens (tertiary/aromatic N) is 4. The Hall–Kier alpha value is -2.54. The number of piperazine rings is 1. The van der Waals surface area contributed by atoms with Gasteiger partial charge in [0, 0.05) is 69.4 Å². The minimum atomic E-state index is -3.57. The summed E-state index contributed by atoms with van der Waals surface area (Å²) in [6, 6.07) is 5.05. The monoisotopic (exact) mass is 493 g/mol. The van der Waals surface area contributed by atoms with Crippen molar-refractivity contribution in [2.24, 2.45) is 0 Å². The Bertz CT molecular complexity index is 1050. The summed E-state index contributed by atoms with van der Waals surface area (Å²) in [5.74, 6) is 0.519. The Balaban J connectivity index is 1.24. The molecule has 4 heterocycles. The van der Waals surface area contributed by atoms with Gasteiger partial charge in [-0.05, 0) is 23.6 Å². The average Bonchev–Trinajstić information content (AvgIpc) is 3.40. The van der Waals surface area contributed by atoms with Crippen LogP contribution in [0.2, 0.25) is 0 Å². The Morgan fingerprint density at radius 3 is 2.45 bits per heavy atom. The highest BCUT2D eigenvalue weighted by Gasteiger charge is 2.27. The molecule has 0 bridgehead atoms. The number of thiophene rings is 1. The lowest BCUT2D eigenvalue weighted by Gasteiger charge is -2.35. The summed E-state index contributed by atoms with van der Waals surface area (Å²) < 4.78 is 32.1. The van der Waals surface area contributed by atoms with E-state index in [1.165, 1.54) is 21.8 Å². The number of hydrogen-bond donors (Lipinski definition) is 1. The minimum absolute atomic E-state index is 0.000167. The van der Waals surface area contributed by atoms with E-state index in [1.807, 2.05) is 10.3 Å². The van der Waals surface area contributed by atoms with Crippen molar-refractivity contribution in [2.75, 3.05) is 63.9 Å². The van der Waals surface area contributed by atoms with Crippen LogP contribution in [-0.4, -0.2) is 93.4 Å². The third kappa shape index (κ3) is 5.69. The van der Waals surface area contributed by atoms with Crippen LogP contribution in [0.1, 0.15) is 16.8 Å². The quantitative estimate of drug-likeness (QED) is 0.602. The van der Waals surface area contributed by atoms with Gasteiger partial charge in [0.2, 0.25) is 15.9 Å². The van der Waals surface area contributed by atoms with Crippen LogP contribution in [0, 0.1) is 0 Å². The van der Waals surface area contributed by atoms with Gasteiger partial charge in [-0.2, -0.15) is 15.6 Å². The van der Waals surface area contributed by atoms with E-state index in [-0.39, 0.29) is 23.1 Å². The van der Waals surface area contributed by atoms with Gasteiger partial charge in [-0.1, -0.05) is 0 Å². The third-order valence-corrected chi connectivity index (χ3v) is 8.26. The van der Waals surface area contributed by atoms with E-state index in [0.717, 1.165) is 0 Å². The lowest BCUT2D eigenvalue weighted by Crippen LogP contribution is -2.49. The van der Waals surface area contributed by atoms with Gasteiger partial charge in [0.1, 0.15) is 10.7 Å². The molecule has 0 aromatic carbocycles. The first-order valence-electron chi connectivity index (χ1n) is 10.8. The summed E-state index contributed by atoms with van der Waals surface area (Å²) in [4.78, 5) is 32.8. The van der Waals surface area contributed by atoms with Gasteiger partial charge in [0.25, 0.3) is 5.91 Å². The molecule has 0 saturated carbocycles. The molecule has 10 nitrogen and oxygen atoms in total. The largest absolute Gasteiger partial charge is 0.379 e. The number of carbonyl (C=O) groups is 2. The fraction of sp³-hybridized carbons (Fsp3) is 0.476. The normalized spacial score (nSPS) is 17.7. The third-order valence-electron chi connectivity index (χ3n) is 5.69. The van der Waals surface area contributed by atoms with E-state index >= 15 is 0 Å². The molecule has 4 rings (SSSR count). The van der Waals surface area contributed by atoms with Crippen molar-refractivity contribution in [3.63, 3.8) is 0 Å². The highest BCUT2D eigenvalue weighted by molar-refractivity contribution is 7.89. The lowest BCUT2D eigenvalue weighted by atomic mass is 10.2. The summed E-state index contributed by atoms with van der Waals surface area (Å²) in [5.41, 5.74) is 0.609. The number of nitrogens with one attached hydrogen (secondary N) is 1. The standard InChI is InChI=1S/C21H27N5O5S2/c27-20(3-5-22-21(28)17-4-14-32-16-17)25-8-6-24(7-9-25)19-2-1-18(15-23-19)33(29,30)26-10-12-31-13-11-26/h1-2,4,14-16H,3,5-13H2,(H,22,28). The van der Waals surface area contributed by atoms with Crippen molar-refractivity contribution >= 4 is 39.0 Å². The summed E-state index contributed by atoms with van der Waals surface area (Å²) in [7, 11) is -3.57. The molecule has 2 fully saturated rings. The molecule has 178 valence electrons. The molecule has 0 unspecified atom stereocenters. The number of morpholine rings is 1. The number of carbonyl (C=O) groups excluding carboxylic acids is 2. The topological polar surface area (TPSA) is 112 Å². The van der Waals surface area contributed by atoms with Crippen LogP contribution in [0.25, 0.3) is 0 Å². The van der Waals surface area contributed by atoms with Crippen molar-refractivity contribution in [3.8, 4) is 0 Å². The molecule has 0 spiro atoms. The highest BCUT2D eigenvalue weighted by Crippen LogP contribution is 2.20. The number of amides is 2. The molecule has 12 heteroatoms. The second-order valence-electron chi connectivity index (χ2n) is 7.75. The SMILES string of the molecule is O=C(NCCC(=O)N1CCN(c2ccc(S(=O)(=O)N3CCOCC3)cn2)CC1)c1ccsc1. The molecule has 2 aromatic heterocycles. The molecule has 2 saturated heterocycles. The summed E-state index contributed by atoms with van der Waals surface area (Å²) in [5, 5.41) is 6.38. The van der Waals surface area contributed by atoms with Crippen LogP contribution in [0.4, 0.5) is 5.82 Å². The zero-order valence-electron chi connectivity index (χ0n) is 18.2. The van der Waals surface area contributed by atoms with Crippen molar-refractivity contribution in [1.29, 1.82) is 0 Å². The number of hydrogen-bond acceptors (Lipinski definition) is 8. The van der Waals surface area contributed by atoms with Gasteiger partial charge < -0.3 is 19.9 Å². The lowest BCUT2D eigenvalue weighted by molar-refractivity contribution is -0.131. The summed E-state index contributed by atoms with van der Waals surface area (Å²) >= 11 is 1.45. The van der Waals surface area contributed by atoms with Crippen molar-refractivity contribution in [2.45, 2.75) is 11.3 Å². The fourth-order valence-corrected chi connectivity index (χ4v) is 5.76. The summed E-state index contributed by atoms with van der Waals surface area (Å²) in [6.45, 7) is 4.10. The first-order valence-corrected chi connectivity index (χ1v) is 13.2. The number of sulfonamides is 1. The number of aromatic nitrogens is 1. The Labute approximate surface area is 197 Å². The van der Waals surface area contributed by atoms with Gasteiger partial charge in [0.15, 0.2) is 0 Å². The zero-order valence-corrected chi connectivity index (χ0v) is 19.8. The Morgan fingerprint density at radius 1 is 1.06 bits per heavy atom. The molecule has 1 N–H and O–H groups in total. The van der Waals surface area contributed by atoms with Crippen molar-refractivity contribution in [3.05, 3.63) is 40.7 Å². The van der Waals surface area contributed by atoms with Crippen LogP contribution in [0.15, 0.2) is 40.1 Å². The molecule has 2 aliphatic heterocycles. The molecule has 2 aliphatic rings. The number of rotatable bonds is 7. The van der Waals surface area contributed by atoms with Crippen LogP contribution in [0.3, 0.4) is 0 Å². The van der Waals surface area contributed by atoms with Crippen LogP contribution < -0.4 is 10.2 Å². The van der Waals surface area contributed by atoms with Gasteiger partial charge in [-0.15, -0.1) is 0 Å². The van der Waals surface area contributed by atoms with E-state index in [9.17, 15) is 18.0 Å². The zero-order chi connectivity index (χ0) is 23.3. The molecule has 0 atom stereocenters. The van der Waals surface area contributed by atoms with Crippen molar-refractivity contribution in [1.82, 2.24) is 19.5 Å². The molecular formula is C21H27N5O5S2. The maximum atomic E-state index is 12.7. The number of pyridine rings is 1. The first-order chi connectivity index (χ1) is 15.9. The molecule has 33 heavy (non-hydrogen) atoms. The molecule has 0 aliphatic carbocycles. The summed E-state index contributed by atoms with van der Waals surface area (Å²) in [6.07, 6.45) is 1.65. The molecule has 0 radical (unpaired) electrons. The fourth-order valence-electron chi connectivity index (χ4n) is 3.77. The molecular weight excluding hydrogens is 466 g/mol.